The van der Waals surface area contributed by atoms with Crippen LogP contribution in [0.4, 0.5) is 5.69 Å². The molecule has 2 aromatic rings. The normalized spacial score (nSPS) is 12.1. The second-order valence-corrected chi connectivity index (χ2v) is 5.94. The highest BCUT2D eigenvalue weighted by Gasteiger charge is 2.23. The summed E-state index contributed by atoms with van der Waals surface area (Å²) < 4.78 is 1.05. The van der Waals surface area contributed by atoms with Crippen LogP contribution in [0, 0.1) is 18.3 Å². The lowest BCUT2D eigenvalue weighted by Crippen LogP contribution is -2.34. The molecule has 104 valence electrons. The lowest BCUT2D eigenvalue weighted by atomic mass is 10.1. The molecule has 1 aromatic carbocycles. The highest BCUT2D eigenvalue weighted by molar-refractivity contribution is 7.21. The van der Waals surface area contributed by atoms with Crippen molar-refractivity contribution in [1.29, 1.82) is 5.26 Å². The van der Waals surface area contributed by atoms with Crippen LogP contribution in [0.15, 0.2) is 18.2 Å². The summed E-state index contributed by atoms with van der Waals surface area (Å²) in [6.45, 7) is 3.87. The summed E-state index contributed by atoms with van der Waals surface area (Å²) in [7, 11) is 1.71. The van der Waals surface area contributed by atoms with Crippen LogP contribution in [0.2, 0.25) is 0 Å². The smallest absolute Gasteiger partial charge is 0.266 e. The first-order valence-corrected chi connectivity index (χ1v) is 7.20. The largest absolute Gasteiger partial charge is 0.397 e. The molecule has 2 rings (SSSR count). The fourth-order valence-electron chi connectivity index (χ4n) is 2.07. The second-order valence-electron chi connectivity index (χ2n) is 4.92. The molecule has 1 atom stereocenters. The monoisotopic (exact) mass is 287 g/mol. The molecule has 0 aliphatic heterocycles. The summed E-state index contributed by atoms with van der Waals surface area (Å²) in [5, 5.41) is 9.66. The number of amides is 1. The molecule has 0 fully saturated rings. The molecular weight excluding hydrogens is 270 g/mol. The van der Waals surface area contributed by atoms with Gasteiger partial charge in [0.1, 0.15) is 4.88 Å². The van der Waals surface area contributed by atoms with Crippen molar-refractivity contribution in [3.63, 3.8) is 0 Å². The van der Waals surface area contributed by atoms with Crippen LogP contribution in [0.1, 0.15) is 28.6 Å². The minimum Gasteiger partial charge on any atom is -0.397 e. The lowest BCUT2D eigenvalue weighted by molar-refractivity contribution is 0.0752. The number of hydrogen-bond donors (Lipinski definition) is 1. The highest BCUT2D eigenvalue weighted by atomic mass is 32.1. The van der Waals surface area contributed by atoms with Gasteiger partial charge in [-0.25, -0.2) is 0 Å². The Bertz CT molecular complexity index is 699. The van der Waals surface area contributed by atoms with Crippen molar-refractivity contribution >= 4 is 33.0 Å². The molecule has 4 nitrogen and oxygen atoms in total. The third kappa shape index (κ3) is 2.35. The molecule has 0 saturated carbocycles. The van der Waals surface area contributed by atoms with Crippen LogP contribution < -0.4 is 5.73 Å². The Labute approximate surface area is 122 Å². The Kier molecular flexibility index (Phi) is 3.96. The van der Waals surface area contributed by atoms with E-state index in [2.05, 4.69) is 6.07 Å². The number of rotatable bonds is 3. The average Bonchev–Trinajstić information content (AvgIpc) is 2.76. The van der Waals surface area contributed by atoms with Crippen molar-refractivity contribution in [2.24, 2.45) is 0 Å². The van der Waals surface area contributed by atoms with Gasteiger partial charge >= 0.3 is 0 Å². The van der Waals surface area contributed by atoms with Gasteiger partial charge in [0.25, 0.3) is 5.91 Å². The first-order chi connectivity index (χ1) is 9.47. The Morgan fingerprint density at radius 2 is 2.25 bits per heavy atom. The summed E-state index contributed by atoms with van der Waals surface area (Å²) in [6.07, 6.45) is 0.312. The third-order valence-electron chi connectivity index (χ3n) is 3.51. The number of carbonyl (C=O) groups is 1. The zero-order chi connectivity index (χ0) is 14.9. The number of thiophene rings is 1. The van der Waals surface area contributed by atoms with Crippen molar-refractivity contribution in [2.45, 2.75) is 26.3 Å². The van der Waals surface area contributed by atoms with E-state index in [1.807, 2.05) is 32.0 Å². The number of nitriles is 1. The predicted octanol–water partition coefficient (Wildman–Crippen LogP) is 3.17. The summed E-state index contributed by atoms with van der Waals surface area (Å²) >= 11 is 1.42. The number of nitrogen functional groups attached to an aromatic ring is 1. The predicted molar refractivity (Wildman–Crippen MR) is 82.8 cm³/mol. The maximum absolute atomic E-state index is 12.5. The summed E-state index contributed by atoms with van der Waals surface area (Å²) in [5.41, 5.74) is 7.77. The van der Waals surface area contributed by atoms with Gasteiger partial charge in [0.05, 0.1) is 18.2 Å². The maximum Gasteiger partial charge on any atom is 0.266 e. The quantitative estimate of drug-likeness (QED) is 0.942. The zero-order valence-corrected chi connectivity index (χ0v) is 12.6. The molecule has 0 bridgehead atoms. The first-order valence-electron chi connectivity index (χ1n) is 6.39. The van der Waals surface area contributed by atoms with E-state index in [0.717, 1.165) is 15.6 Å². The number of aryl methyl sites for hydroxylation is 1. The number of hydrogen-bond acceptors (Lipinski definition) is 4. The molecular formula is C15H17N3OS. The van der Waals surface area contributed by atoms with Crippen LogP contribution in [-0.4, -0.2) is 23.9 Å². The number of nitrogens with two attached hydrogens (primary N) is 1. The van der Waals surface area contributed by atoms with Crippen LogP contribution in [0.3, 0.4) is 0 Å². The van der Waals surface area contributed by atoms with E-state index in [-0.39, 0.29) is 11.9 Å². The van der Waals surface area contributed by atoms with Crippen molar-refractivity contribution in [3.05, 3.63) is 28.6 Å². The van der Waals surface area contributed by atoms with Crippen LogP contribution >= 0.6 is 11.3 Å². The van der Waals surface area contributed by atoms with E-state index in [9.17, 15) is 4.79 Å². The standard InChI is InChI=1S/C15H17N3OS/c1-9-5-4-6-11-12(17)14(20-13(9)11)15(19)18(3)10(2)7-8-16/h4-6,10H,7,17H2,1-3H3. The van der Waals surface area contributed by atoms with Gasteiger partial charge in [-0.3, -0.25) is 4.79 Å². The van der Waals surface area contributed by atoms with Gasteiger partial charge in [-0.05, 0) is 19.4 Å². The van der Waals surface area contributed by atoms with Crippen LogP contribution in [0.5, 0.6) is 0 Å². The number of carbonyl (C=O) groups excluding carboxylic acids is 1. The van der Waals surface area contributed by atoms with Crippen molar-refractivity contribution in [1.82, 2.24) is 4.90 Å². The Hall–Kier alpha value is -2.06. The van der Waals surface area contributed by atoms with Gasteiger partial charge in [-0.1, -0.05) is 18.2 Å². The van der Waals surface area contributed by atoms with E-state index in [1.165, 1.54) is 11.3 Å². The fraction of sp³-hybridized carbons (Fsp3) is 0.333. The second kappa shape index (κ2) is 5.51. The molecule has 20 heavy (non-hydrogen) atoms. The van der Waals surface area contributed by atoms with Gasteiger partial charge in [0, 0.05) is 23.2 Å². The molecule has 1 heterocycles. The fourth-order valence-corrected chi connectivity index (χ4v) is 3.24. The van der Waals surface area contributed by atoms with Crippen molar-refractivity contribution in [2.75, 3.05) is 12.8 Å². The van der Waals surface area contributed by atoms with Crippen molar-refractivity contribution < 1.29 is 4.79 Å². The molecule has 1 amide bonds. The van der Waals surface area contributed by atoms with E-state index in [4.69, 9.17) is 11.0 Å². The van der Waals surface area contributed by atoms with Crippen LogP contribution in [0.25, 0.3) is 10.1 Å². The molecule has 0 aliphatic carbocycles. The van der Waals surface area contributed by atoms with Gasteiger partial charge in [-0.15, -0.1) is 11.3 Å². The highest BCUT2D eigenvalue weighted by Crippen LogP contribution is 2.36. The van der Waals surface area contributed by atoms with Crippen molar-refractivity contribution in [3.8, 4) is 6.07 Å². The minimum absolute atomic E-state index is 0.120. The number of benzene rings is 1. The topological polar surface area (TPSA) is 70.1 Å². The summed E-state index contributed by atoms with van der Waals surface area (Å²) in [4.78, 5) is 14.6. The molecule has 0 radical (unpaired) electrons. The minimum atomic E-state index is -0.127. The van der Waals surface area contributed by atoms with E-state index in [1.54, 1.807) is 11.9 Å². The van der Waals surface area contributed by atoms with E-state index >= 15 is 0 Å². The Morgan fingerprint density at radius 1 is 1.55 bits per heavy atom. The van der Waals surface area contributed by atoms with Crippen LogP contribution in [-0.2, 0) is 0 Å². The molecule has 5 heteroatoms. The Balaban J connectivity index is 2.43. The third-order valence-corrected chi connectivity index (χ3v) is 4.86. The molecule has 2 N–H and O–H groups in total. The number of fused-ring (bicyclic) bond motifs is 1. The van der Waals surface area contributed by atoms with Gasteiger partial charge in [-0.2, -0.15) is 5.26 Å². The zero-order valence-electron chi connectivity index (χ0n) is 11.8. The summed E-state index contributed by atoms with van der Waals surface area (Å²) in [6, 6.07) is 7.84. The van der Waals surface area contributed by atoms with Gasteiger partial charge in [0.2, 0.25) is 0 Å². The van der Waals surface area contributed by atoms with E-state index < -0.39 is 0 Å². The summed E-state index contributed by atoms with van der Waals surface area (Å²) in [5.74, 6) is -0.120. The molecule has 1 unspecified atom stereocenters. The molecule has 0 saturated heterocycles. The molecule has 0 aliphatic rings. The molecule has 0 spiro atoms. The Morgan fingerprint density at radius 3 is 2.85 bits per heavy atom. The number of anilines is 1. The van der Waals surface area contributed by atoms with Gasteiger partial charge < -0.3 is 10.6 Å². The SMILES string of the molecule is Cc1cccc2c(N)c(C(=O)N(C)C(C)CC#N)sc12. The average molecular weight is 287 g/mol. The first kappa shape index (κ1) is 14.4. The van der Waals surface area contributed by atoms with Gasteiger partial charge in [0.15, 0.2) is 0 Å². The molecule has 1 aromatic heterocycles. The maximum atomic E-state index is 12.5. The number of nitrogens with zero attached hydrogens (tertiary/aromatic N) is 2. The van der Waals surface area contributed by atoms with E-state index in [0.29, 0.717) is 17.0 Å². The lowest BCUT2D eigenvalue weighted by Gasteiger charge is -2.22.